The molecule has 3 N–H and O–H groups in total. The number of fused-ring (bicyclic) bond motifs is 6. The van der Waals surface area contributed by atoms with Gasteiger partial charge < -0.3 is 24.8 Å². The molecule has 2 aliphatic rings. The predicted octanol–water partition coefficient (Wildman–Crippen LogP) is 3.16. The molecule has 3 aromatic rings. The fourth-order valence-electron chi connectivity index (χ4n) is 3.95. The van der Waals surface area contributed by atoms with Crippen LogP contribution < -0.4 is 4.74 Å². The maximum Gasteiger partial charge on any atom is 0.340 e. The van der Waals surface area contributed by atoms with Crippen LogP contribution in [0.15, 0.2) is 54.6 Å². The van der Waals surface area contributed by atoms with Crippen LogP contribution in [0.4, 0.5) is 0 Å². The molecule has 0 radical (unpaired) electrons. The van der Waals surface area contributed by atoms with Crippen molar-refractivity contribution in [3.05, 3.63) is 82.4 Å². The van der Waals surface area contributed by atoms with E-state index in [1.807, 2.05) is 0 Å². The van der Waals surface area contributed by atoms with Crippen LogP contribution in [0.25, 0.3) is 0 Å². The monoisotopic (exact) mass is 362 g/mol. The minimum absolute atomic E-state index is 0.00107. The Morgan fingerprint density at radius 2 is 1.48 bits per heavy atom. The summed E-state index contributed by atoms with van der Waals surface area (Å²) in [6.07, 6.45) is 0. The normalized spacial score (nSPS) is 15.5. The fraction of sp³-hybridized carbons (Fsp3) is 0.0952. The van der Waals surface area contributed by atoms with Gasteiger partial charge in [0.15, 0.2) is 5.60 Å². The molecule has 2 aliphatic heterocycles. The van der Waals surface area contributed by atoms with E-state index in [4.69, 9.17) is 9.47 Å². The van der Waals surface area contributed by atoms with Crippen molar-refractivity contribution in [1.29, 1.82) is 0 Å². The standard InChI is InChI=1S/C21H14O6/c22-10-11-2-1-3-16-19(11)20(25)27-21(16)14-6-4-12(23)8-17(14)26-18-9-13(24)5-7-15(18)21/h1-9,22-24H,10H2. The Labute approximate surface area is 153 Å². The molecule has 134 valence electrons. The second kappa shape index (κ2) is 5.25. The van der Waals surface area contributed by atoms with Gasteiger partial charge in [-0.25, -0.2) is 4.79 Å². The Morgan fingerprint density at radius 3 is 2.07 bits per heavy atom. The molecule has 0 aromatic heterocycles. The van der Waals surface area contributed by atoms with E-state index in [2.05, 4.69) is 0 Å². The minimum atomic E-state index is -1.29. The average Bonchev–Trinajstić information content (AvgIpc) is 2.95. The number of aromatic hydroxyl groups is 2. The first kappa shape index (κ1) is 15.7. The number of hydrogen-bond acceptors (Lipinski definition) is 6. The molecule has 0 saturated carbocycles. The number of hydrogen-bond donors (Lipinski definition) is 3. The van der Waals surface area contributed by atoms with Gasteiger partial charge >= 0.3 is 5.97 Å². The third-order valence-corrected chi connectivity index (χ3v) is 5.06. The Kier molecular flexibility index (Phi) is 3.06. The topological polar surface area (TPSA) is 96.2 Å². The summed E-state index contributed by atoms with van der Waals surface area (Å²) in [5.74, 6) is 0.100. The lowest BCUT2D eigenvalue weighted by molar-refractivity contribution is 0.0223. The van der Waals surface area contributed by atoms with Gasteiger partial charge in [-0.2, -0.15) is 0 Å². The molecule has 0 atom stereocenters. The molecule has 6 nitrogen and oxygen atoms in total. The van der Waals surface area contributed by atoms with Gasteiger partial charge in [0.1, 0.15) is 23.0 Å². The third kappa shape index (κ3) is 1.96. The van der Waals surface area contributed by atoms with Gasteiger partial charge in [-0.3, -0.25) is 0 Å². The molecule has 0 unspecified atom stereocenters. The van der Waals surface area contributed by atoms with E-state index < -0.39 is 11.6 Å². The molecule has 0 fully saturated rings. The van der Waals surface area contributed by atoms with Crippen LogP contribution in [0, 0.1) is 0 Å². The highest BCUT2D eigenvalue weighted by molar-refractivity contribution is 5.98. The minimum Gasteiger partial charge on any atom is -0.508 e. The number of phenols is 2. The smallest absolute Gasteiger partial charge is 0.340 e. The maximum atomic E-state index is 12.8. The molecular weight excluding hydrogens is 348 g/mol. The first-order valence-electron chi connectivity index (χ1n) is 8.36. The van der Waals surface area contributed by atoms with E-state index >= 15 is 0 Å². The van der Waals surface area contributed by atoms with Crippen molar-refractivity contribution in [3.63, 3.8) is 0 Å². The number of carbonyl (C=O) groups is 1. The van der Waals surface area contributed by atoms with Crippen LogP contribution in [0.1, 0.15) is 32.6 Å². The molecule has 0 saturated heterocycles. The van der Waals surface area contributed by atoms with Crippen LogP contribution in [0.2, 0.25) is 0 Å². The Bertz CT molecular complexity index is 1070. The lowest BCUT2D eigenvalue weighted by Gasteiger charge is -2.36. The summed E-state index contributed by atoms with van der Waals surface area (Å²) in [6, 6.07) is 14.4. The number of phenolic OH excluding ortho intramolecular Hbond substituents is 2. The van der Waals surface area contributed by atoms with E-state index in [0.717, 1.165) is 0 Å². The van der Waals surface area contributed by atoms with Crippen molar-refractivity contribution in [2.45, 2.75) is 12.2 Å². The van der Waals surface area contributed by atoms with Gasteiger partial charge in [-0.05, 0) is 29.8 Å². The molecule has 0 aliphatic carbocycles. The molecule has 6 heteroatoms. The van der Waals surface area contributed by atoms with Crippen molar-refractivity contribution in [2.75, 3.05) is 0 Å². The number of benzene rings is 3. The van der Waals surface area contributed by atoms with E-state index in [-0.39, 0.29) is 18.1 Å². The SMILES string of the molecule is O=C1OC2(c3ccc(O)cc3Oc3cc(O)ccc32)c2cccc(CO)c21. The molecule has 0 amide bonds. The number of esters is 1. The van der Waals surface area contributed by atoms with Crippen molar-refractivity contribution in [3.8, 4) is 23.0 Å². The summed E-state index contributed by atoms with van der Waals surface area (Å²) in [6.45, 7) is -0.296. The Morgan fingerprint density at radius 1 is 0.852 bits per heavy atom. The first-order valence-corrected chi connectivity index (χ1v) is 8.36. The van der Waals surface area contributed by atoms with E-state index in [0.29, 0.717) is 39.3 Å². The van der Waals surface area contributed by atoms with Gasteiger partial charge in [0.2, 0.25) is 0 Å². The summed E-state index contributed by atoms with van der Waals surface area (Å²) in [5.41, 5.74) is 1.20. The largest absolute Gasteiger partial charge is 0.508 e. The maximum absolute atomic E-state index is 12.8. The molecule has 2 heterocycles. The van der Waals surface area contributed by atoms with Crippen LogP contribution in [-0.2, 0) is 16.9 Å². The van der Waals surface area contributed by atoms with Gasteiger partial charge in [-0.15, -0.1) is 0 Å². The summed E-state index contributed by atoms with van der Waals surface area (Å²) < 4.78 is 11.8. The number of rotatable bonds is 1. The lowest BCUT2D eigenvalue weighted by Crippen LogP contribution is -2.32. The van der Waals surface area contributed by atoms with Crippen LogP contribution in [0.3, 0.4) is 0 Å². The zero-order valence-electron chi connectivity index (χ0n) is 14.0. The summed E-state index contributed by atoms with van der Waals surface area (Å²) in [4.78, 5) is 12.8. The van der Waals surface area contributed by atoms with E-state index in [1.165, 1.54) is 24.3 Å². The van der Waals surface area contributed by atoms with Crippen molar-refractivity contribution < 1.29 is 29.6 Å². The molecular formula is C21H14O6. The fourth-order valence-corrected chi connectivity index (χ4v) is 3.95. The Hall–Kier alpha value is -3.51. The van der Waals surface area contributed by atoms with Crippen LogP contribution in [-0.4, -0.2) is 21.3 Å². The highest BCUT2D eigenvalue weighted by Crippen LogP contribution is 2.57. The van der Waals surface area contributed by atoms with Crippen molar-refractivity contribution >= 4 is 5.97 Å². The third-order valence-electron chi connectivity index (χ3n) is 5.06. The van der Waals surface area contributed by atoms with E-state index in [1.54, 1.807) is 30.3 Å². The Balaban J connectivity index is 1.91. The van der Waals surface area contributed by atoms with Gasteiger partial charge in [0, 0.05) is 28.8 Å². The summed E-state index contributed by atoms with van der Waals surface area (Å²) >= 11 is 0. The second-order valence-corrected chi connectivity index (χ2v) is 6.53. The van der Waals surface area contributed by atoms with Gasteiger partial charge in [0.05, 0.1) is 12.2 Å². The summed E-state index contributed by atoms with van der Waals surface area (Å²) in [5, 5.41) is 29.4. The molecule has 1 spiro atoms. The lowest BCUT2D eigenvalue weighted by atomic mass is 9.77. The number of aliphatic hydroxyl groups excluding tert-OH is 1. The number of ether oxygens (including phenoxy) is 2. The zero-order chi connectivity index (χ0) is 18.8. The average molecular weight is 362 g/mol. The van der Waals surface area contributed by atoms with E-state index in [9.17, 15) is 20.1 Å². The molecule has 27 heavy (non-hydrogen) atoms. The van der Waals surface area contributed by atoms with Crippen molar-refractivity contribution in [2.24, 2.45) is 0 Å². The second-order valence-electron chi connectivity index (χ2n) is 6.53. The summed E-state index contributed by atoms with van der Waals surface area (Å²) in [7, 11) is 0. The predicted molar refractivity (Wildman–Crippen MR) is 93.9 cm³/mol. The molecule has 3 aromatic carbocycles. The van der Waals surface area contributed by atoms with Crippen molar-refractivity contribution in [1.82, 2.24) is 0 Å². The van der Waals surface area contributed by atoms with Crippen LogP contribution >= 0.6 is 0 Å². The molecule has 5 rings (SSSR count). The highest BCUT2D eigenvalue weighted by atomic mass is 16.6. The first-order chi connectivity index (χ1) is 13.0. The zero-order valence-corrected chi connectivity index (χ0v) is 14.0. The van der Waals surface area contributed by atoms with Gasteiger partial charge in [-0.1, -0.05) is 18.2 Å². The van der Waals surface area contributed by atoms with Crippen LogP contribution in [0.5, 0.6) is 23.0 Å². The highest BCUT2D eigenvalue weighted by Gasteiger charge is 2.54. The number of carbonyl (C=O) groups excluding carboxylic acids is 1. The quantitative estimate of drug-likeness (QED) is 0.576. The van der Waals surface area contributed by atoms with Gasteiger partial charge in [0.25, 0.3) is 0 Å². The molecule has 0 bridgehead atoms. The number of aliphatic hydroxyl groups is 1.